The topological polar surface area (TPSA) is 54.9 Å². The second kappa shape index (κ2) is 2.83. The second-order valence-corrected chi connectivity index (χ2v) is 4.30. The molecule has 0 fully saturated rings. The van der Waals surface area contributed by atoms with Crippen LogP contribution in [0.5, 0.6) is 0 Å². The molecule has 4 nitrogen and oxygen atoms in total. The third kappa shape index (κ3) is 1.18. The summed E-state index contributed by atoms with van der Waals surface area (Å²) in [4.78, 5) is 25.6. The van der Waals surface area contributed by atoms with Gasteiger partial charge in [-0.25, -0.2) is 4.79 Å². The maximum absolute atomic E-state index is 11.5. The molecule has 0 amide bonds. The number of H-pyrrole nitrogens is 1. The van der Waals surface area contributed by atoms with E-state index in [1.54, 1.807) is 0 Å². The van der Waals surface area contributed by atoms with Gasteiger partial charge in [-0.15, -0.1) is 0 Å². The first-order valence-electron chi connectivity index (χ1n) is 4.07. The number of nitrogens with one attached hydrogen (secondary N) is 1. The van der Waals surface area contributed by atoms with Crippen LogP contribution in [0.15, 0.2) is 9.59 Å². The molecule has 0 bridgehead atoms. The van der Waals surface area contributed by atoms with Crippen LogP contribution >= 0.6 is 15.9 Å². The van der Waals surface area contributed by atoms with E-state index >= 15 is 0 Å². The van der Waals surface area contributed by atoms with Crippen LogP contribution in [0.3, 0.4) is 0 Å². The van der Waals surface area contributed by atoms with Gasteiger partial charge in [0.15, 0.2) is 0 Å². The summed E-state index contributed by atoms with van der Waals surface area (Å²) in [6.45, 7) is 0. The second-order valence-electron chi connectivity index (χ2n) is 3.19. The van der Waals surface area contributed by atoms with Crippen molar-refractivity contribution in [3.05, 3.63) is 32.1 Å². The van der Waals surface area contributed by atoms with E-state index < -0.39 is 0 Å². The Morgan fingerprint density at radius 1 is 1.54 bits per heavy atom. The van der Waals surface area contributed by atoms with Crippen molar-refractivity contribution in [3.8, 4) is 0 Å². The molecule has 0 saturated carbocycles. The highest BCUT2D eigenvalue weighted by Crippen LogP contribution is 2.33. The van der Waals surface area contributed by atoms with Crippen molar-refractivity contribution in [2.75, 3.05) is 0 Å². The SMILES string of the molecule is Cn1c(=O)[nH]c2c(c1=O)CC[C@H]2Br. The van der Waals surface area contributed by atoms with Crippen LogP contribution in [0.4, 0.5) is 0 Å². The minimum absolute atomic E-state index is 0.129. The van der Waals surface area contributed by atoms with Gasteiger partial charge in [0.1, 0.15) is 0 Å². The molecule has 1 aliphatic rings. The molecule has 0 unspecified atom stereocenters. The Balaban J connectivity index is 2.82. The molecule has 1 atom stereocenters. The number of aromatic nitrogens is 2. The smallest absolute Gasteiger partial charge is 0.310 e. The zero-order chi connectivity index (χ0) is 9.59. The molecule has 1 N–H and O–H groups in total. The van der Waals surface area contributed by atoms with Crippen molar-refractivity contribution in [2.24, 2.45) is 7.05 Å². The van der Waals surface area contributed by atoms with E-state index in [1.807, 2.05) is 0 Å². The lowest BCUT2D eigenvalue weighted by Crippen LogP contribution is -2.35. The fourth-order valence-corrected chi connectivity index (χ4v) is 2.23. The number of fused-ring (bicyclic) bond motifs is 1. The van der Waals surface area contributed by atoms with E-state index in [0.717, 1.165) is 28.7 Å². The van der Waals surface area contributed by atoms with Gasteiger partial charge in [-0.3, -0.25) is 9.36 Å². The highest BCUT2D eigenvalue weighted by molar-refractivity contribution is 9.09. The molecule has 0 spiro atoms. The van der Waals surface area contributed by atoms with E-state index in [9.17, 15) is 9.59 Å². The quantitative estimate of drug-likeness (QED) is 0.675. The Kier molecular flexibility index (Phi) is 1.91. The predicted molar refractivity (Wildman–Crippen MR) is 52.3 cm³/mol. The molecule has 1 aromatic rings. The first-order chi connectivity index (χ1) is 6.11. The standard InChI is InChI=1S/C8H9BrN2O2/c1-11-7(12)4-2-3-5(9)6(4)10-8(11)13/h5H,2-3H2,1H3,(H,10,13)/t5-/m1/s1. The van der Waals surface area contributed by atoms with Gasteiger partial charge in [-0.05, 0) is 12.8 Å². The summed E-state index contributed by atoms with van der Waals surface area (Å²) in [5, 5.41) is 0. The van der Waals surface area contributed by atoms with Crippen LogP contribution in [0, 0.1) is 0 Å². The lowest BCUT2D eigenvalue weighted by atomic mass is 10.3. The van der Waals surface area contributed by atoms with E-state index in [1.165, 1.54) is 7.05 Å². The molecular weight excluding hydrogens is 236 g/mol. The number of hydrogen-bond acceptors (Lipinski definition) is 2. The monoisotopic (exact) mass is 244 g/mol. The normalized spacial score (nSPS) is 20.3. The lowest BCUT2D eigenvalue weighted by molar-refractivity contribution is 0.753. The van der Waals surface area contributed by atoms with Gasteiger partial charge in [0.2, 0.25) is 0 Å². The van der Waals surface area contributed by atoms with Crippen LogP contribution < -0.4 is 11.2 Å². The van der Waals surface area contributed by atoms with Crippen LogP contribution in [0.1, 0.15) is 22.5 Å². The molecule has 1 aromatic heterocycles. The molecule has 70 valence electrons. The summed E-state index contributed by atoms with van der Waals surface area (Å²) in [6, 6.07) is 0. The van der Waals surface area contributed by atoms with Crippen molar-refractivity contribution < 1.29 is 0 Å². The van der Waals surface area contributed by atoms with E-state index in [0.29, 0.717) is 0 Å². The lowest BCUT2D eigenvalue weighted by Gasteiger charge is -2.03. The number of alkyl halides is 1. The fraction of sp³-hybridized carbons (Fsp3) is 0.500. The molecule has 1 heterocycles. The van der Waals surface area contributed by atoms with Crippen molar-refractivity contribution in [1.29, 1.82) is 0 Å². The number of rotatable bonds is 0. The number of aromatic amines is 1. The molecule has 0 saturated heterocycles. The average Bonchev–Trinajstić information content (AvgIpc) is 2.45. The number of hydrogen-bond donors (Lipinski definition) is 1. The van der Waals surface area contributed by atoms with Gasteiger partial charge >= 0.3 is 5.69 Å². The van der Waals surface area contributed by atoms with E-state index in [2.05, 4.69) is 20.9 Å². The van der Waals surface area contributed by atoms with Gasteiger partial charge in [-0.1, -0.05) is 15.9 Å². The van der Waals surface area contributed by atoms with Gasteiger partial charge in [0.25, 0.3) is 5.56 Å². The Bertz CT molecular complexity index is 460. The van der Waals surface area contributed by atoms with Crippen molar-refractivity contribution >= 4 is 15.9 Å². The first kappa shape index (κ1) is 8.74. The van der Waals surface area contributed by atoms with Crippen molar-refractivity contribution in [1.82, 2.24) is 9.55 Å². The van der Waals surface area contributed by atoms with Crippen molar-refractivity contribution in [3.63, 3.8) is 0 Å². The number of halogens is 1. The van der Waals surface area contributed by atoms with Crippen LogP contribution in [-0.2, 0) is 13.5 Å². The number of nitrogens with zero attached hydrogens (tertiary/aromatic N) is 1. The molecule has 2 rings (SSSR count). The molecule has 0 aromatic carbocycles. The summed E-state index contributed by atoms with van der Waals surface area (Å²) in [6.07, 6.45) is 1.62. The predicted octanol–water partition coefficient (Wildman–Crippen LogP) is 0.456. The van der Waals surface area contributed by atoms with Gasteiger partial charge in [0, 0.05) is 18.3 Å². The maximum Gasteiger partial charge on any atom is 0.328 e. The first-order valence-corrected chi connectivity index (χ1v) is 4.99. The van der Waals surface area contributed by atoms with Gasteiger partial charge in [0.05, 0.1) is 4.83 Å². The van der Waals surface area contributed by atoms with E-state index in [-0.39, 0.29) is 16.1 Å². The summed E-state index contributed by atoms with van der Waals surface area (Å²) in [5.41, 5.74) is 0.993. The minimum atomic E-state index is -0.338. The zero-order valence-corrected chi connectivity index (χ0v) is 8.72. The largest absolute Gasteiger partial charge is 0.328 e. The molecule has 0 aliphatic heterocycles. The third-order valence-electron chi connectivity index (χ3n) is 2.40. The summed E-state index contributed by atoms with van der Waals surface area (Å²) < 4.78 is 1.11. The Labute approximate surface area is 82.7 Å². The van der Waals surface area contributed by atoms with Gasteiger partial charge in [-0.2, -0.15) is 0 Å². The van der Waals surface area contributed by atoms with Crippen molar-refractivity contribution in [2.45, 2.75) is 17.7 Å². The molecule has 1 aliphatic carbocycles. The van der Waals surface area contributed by atoms with Crippen LogP contribution in [-0.4, -0.2) is 9.55 Å². The van der Waals surface area contributed by atoms with Gasteiger partial charge < -0.3 is 4.98 Å². The Hall–Kier alpha value is -0.840. The highest BCUT2D eigenvalue weighted by Gasteiger charge is 2.24. The molecule has 0 radical (unpaired) electrons. The maximum atomic E-state index is 11.5. The summed E-state index contributed by atoms with van der Waals surface area (Å²) >= 11 is 3.41. The third-order valence-corrected chi connectivity index (χ3v) is 3.31. The van der Waals surface area contributed by atoms with Crippen LogP contribution in [0.25, 0.3) is 0 Å². The Morgan fingerprint density at radius 2 is 2.23 bits per heavy atom. The Morgan fingerprint density at radius 3 is 2.92 bits per heavy atom. The van der Waals surface area contributed by atoms with E-state index in [4.69, 9.17) is 0 Å². The molecule has 13 heavy (non-hydrogen) atoms. The summed E-state index contributed by atoms with van der Waals surface area (Å²) in [7, 11) is 1.49. The molecular formula is C8H9BrN2O2. The summed E-state index contributed by atoms with van der Waals surface area (Å²) in [5.74, 6) is 0. The minimum Gasteiger partial charge on any atom is -0.310 e. The zero-order valence-electron chi connectivity index (χ0n) is 7.13. The fourth-order valence-electron chi connectivity index (χ4n) is 1.61. The highest BCUT2D eigenvalue weighted by atomic mass is 79.9. The molecule has 5 heteroatoms. The van der Waals surface area contributed by atoms with Crippen LogP contribution in [0.2, 0.25) is 0 Å². The average molecular weight is 245 g/mol.